The predicted molar refractivity (Wildman–Crippen MR) is 129 cm³/mol. The van der Waals surface area contributed by atoms with E-state index in [9.17, 15) is 14.4 Å². The Balaban J connectivity index is 1.42. The summed E-state index contributed by atoms with van der Waals surface area (Å²) in [7, 11) is 1.72. The van der Waals surface area contributed by atoms with Gasteiger partial charge in [-0.3, -0.25) is 9.69 Å². The molecular weight excluding hydrogens is 438 g/mol. The number of ether oxygens (including phenoxy) is 1. The van der Waals surface area contributed by atoms with Crippen LogP contribution in [0.1, 0.15) is 34.1 Å². The number of carbonyl (C=O) groups is 3. The summed E-state index contributed by atoms with van der Waals surface area (Å²) in [6, 6.07) is 9.09. The van der Waals surface area contributed by atoms with Gasteiger partial charge in [0.05, 0.1) is 6.54 Å². The number of anilines is 2. The number of urea groups is 1. The molecule has 1 aliphatic heterocycles. The molecule has 3 amide bonds. The third-order valence-corrected chi connectivity index (χ3v) is 6.55. The molecule has 1 aliphatic carbocycles. The summed E-state index contributed by atoms with van der Waals surface area (Å²) in [6.45, 7) is 2.54. The third-order valence-electron chi connectivity index (χ3n) is 5.32. The molecule has 33 heavy (non-hydrogen) atoms. The number of amides is 3. The van der Waals surface area contributed by atoms with Gasteiger partial charge in [-0.05, 0) is 35.8 Å². The van der Waals surface area contributed by atoms with E-state index in [4.69, 9.17) is 4.74 Å². The summed E-state index contributed by atoms with van der Waals surface area (Å²) in [4.78, 5) is 40.5. The van der Waals surface area contributed by atoms with Crippen molar-refractivity contribution in [3.8, 4) is 0 Å². The molecule has 2 aromatic rings. The number of allylic oxidation sites excluding steroid dienone is 5. The van der Waals surface area contributed by atoms with Crippen LogP contribution in [0.4, 0.5) is 15.5 Å². The van der Waals surface area contributed by atoms with E-state index < -0.39 is 0 Å². The first-order chi connectivity index (χ1) is 15.9. The SMILES string of the molecule is CC(=O)Nc1ccc(CN2Cc3cc(C(=O)OCC4=CC=CC=CC4)sc3N(C)C2=O)cc1. The smallest absolute Gasteiger partial charge is 0.348 e. The average molecular weight is 464 g/mol. The van der Waals surface area contributed by atoms with Crippen molar-refractivity contribution in [2.75, 3.05) is 23.9 Å². The maximum Gasteiger partial charge on any atom is 0.348 e. The minimum absolute atomic E-state index is 0.127. The number of rotatable bonds is 6. The summed E-state index contributed by atoms with van der Waals surface area (Å²) < 4.78 is 5.51. The van der Waals surface area contributed by atoms with Crippen LogP contribution >= 0.6 is 11.3 Å². The Morgan fingerprint density at radius 2 is 1.94 bits per heavy atom. The molecule has 7 nitrogen and oxygen atoms in total. The first-order valence-corrected chi connectivity index (χ1v) is 11.4. The molecular formula is C25H25N3O4S. The Bertz CT molecular complexity index is 1160. The van der Waals surface area contributed by atoms with Crippen LogP contribution < -0.4 is 10.2 Å². The molecule has 0 saturated carbocycles. The van der Waals surface area contributed by atoms with Crippen LogP contribution in [0.15, 0.2) is 66.3 Å². The van der Waals surface area contributed by atoms with Crippen LogP contribution in [-0.2, 0) is 22.6 Å². The summed E-state index contributed by atoms with van der Waals surface area (Å²) in [6.07, 6.45) is 10.6. The number of benzene rings is 1. The molecule has 1 aromatic carbocycles. The number of nitrogens with zero attached hydrogens (tertiary/aromatic N) is 2. The van der Waals surface area contributed by atoms with E-state index in [0.717, 1.165) is 28.1 Å². The molecule has 4 rings (SSSR count). The first kappa shape index (κ1) is 22.5. The van der Waals surface area contributed by atoms with E-state index in [2.05, 4.69) is 5.32 Å². The van der Waals surface area contributed by atoms with Crippen molar-refractivity contribution in [2.24, 2.45) is 0 Å². The summed E-state index contributed by atoms with van der Waals surface area (Å²) in [5.74, 6) is -0.511. The van der Waals surface area contributed by atoms with Crippen LogP contribution in [-0.4, -0.2) is 36.5 Å². The van der Waals surface area contributed by atoms with Gasteiger partial charge in [-0.2, -0.15) is 0 Å². The van der Waals surface area contributed by atoms with E-state index in [1.54, 1.807) is 16.8 Å². The lowest BCUT2D eigenvalue weighted by molar-refractivity contribution is -0.114. The summed E-state index contributed by atoms with van der Waals surface area (Å²) in [5, 5.41) is 3.50. The van der Waals surface area contributed by atoms with Gasteiger partial charge < -0.3 is 15.0 Å². The Kier molecular flexibility index (Phi) is 6.74. The fraction of sp³-hybridized carbons (Fsp3) is 0.240. The standard InChI is InChI=1S/C25H25N3O4S/c1-17(29)26-21-11-9-18(10-12-21)14-28-15-20-13-22(33-23(20)27(2)25(28)31)24(30)32-16-19-7-5-3-4-6-8-19/h3-7,9-13H,8,14-16H2,1-2H3,(H,26,29). The van der Waals surface area contributed by atoms with Gasteiger partial charge in [0, 0.05) is 31.8 Å². The van der Waals surface area contributed by atoms with Crippen LogP contribution in [0.5, 0.6) is 0 Å². The minimum atomic E-state index is -0.381. The maximum absolute atomic E-state index is 12.9. The zero-order valence-corrected chi connectivity index (χ0v) is 19.4. The molecule has 1 aromatic heterocycles. The van der Waals surface area contributed by atoms with Crippen molar-refractivity contribution in [2.45, 2.75) is 26.4 Å². The first-order valence-electron chi connectivity index (χ1n) is 10.6. The van der Waals surface area contributed by atoms with Crippen molar-refractivity contribution in [1.82, 2.24) is 4.90 Å². The molecule has 0 spiro atoms. The van der Waals surface area contributed by atoms with Crippen LogP contribution in [0.25, 0.3) is 0 Å². The number of nitrogens with one attached hydrogen (secondary N) is 1. The summed E-state index contributed by atoms with van der Waals surface area (Å²) >= 11 is 1.28. The largest absolute Gasteiger partial charge is 0.457 e. The van der Waals surface area contributed by atoms with E-state index in [-0.39, 0.29) is 24.5 Å². The van der Waals surface area contributed by atoms with Gasteiger partial charge in [-0.15, -0.1) is 11.3 Å². The maximum atomic E-state index is 12.9. The highest BCUT2D eigenvalue weighted by atomic mass is 32.1. The molecule has 0 saturated heterocycles. The van der Waals surface area contributed by atoms with Gasteiger partial charge in [0.25, 0.3) is 0 Å². The second-order valence-corrected chi connectivity index (χ2v) is 8.97. The predicted octanol–water partition coefficient (Wildman–Crippen LogP) is 4.88. The number of esters is 1. The van der Waals surface area contributed by atoms with Crippen molar-refractivity contribution in [3.63, 3.8) is 0 Å². The van der Waals surface area contributed by atoms with E-state index in [1.807, 2.05) is 60.7 Å². The van der Waals surface area contributed by atoms with Gasteiger partial charge in [0.15, 0.2) is 0 Å². The highest BCUT2D eigenvalue weighted by molar-refractivity contribution is 7.18. The third kappa shape index (κ3) is 5.40. The molecule has 170 valence electrons. The van der Waals surface area contributed by atoms with E-state index >= 15 is 0 Å². The molecule has 1 N–H and O–H groups in total. The fourth-order valence-corrected chi connectivity index (χ4v) is 4.71. The number of hydrogen-bond donors (Lipinski definition) is 1. The van der Waals surface area contributed by atoms with E-state index in [0.29, 0.717) is 23.7 Å². The highest BCUT2D eigenvalue weighted by Crippen LogP contribution is 2.37. The van der Waals surface area contributed by atoms with Gasteiger partial charge in [0.1, 0.15) is 16.5 Å². The zero-order chi connectivity index (χ0) is 23.4. The number of hydrogen-bond acceptors (Lipinski definition) is 5. The van der Waals surface area contributed by atoms with Crippen LogP contribution in [0, 0.1) is 0 Å². The molecule has 2 heterocycles. The second-order valence-electron chi connectivity index (χ2n) is 7.94. The summed E-state index contributed by atoms with van der Waals surface area (Å²) in [5.41, 5.74) is 3.60. The minimum Gasteiger partial charge on any atom is -0.457 e. The lowest BCUT2D eigenvalue weighted by Crippen LogP contribution is -2.43. The van der Waals surface area contributed by atoms with Crippen molar-refractivity contribution in [3.05, 3.63) is 82.3 Å². The monoisotopic (exact) mass is 463 g/mol. The lowest BCUT2D eigenvalue weighted by atomic mass is 10.1. The Morgan fingerprint density at radius 3 is 2.70 bits per heavy atom. The van der Waals surface area contributed by atoms with E-state index in [1.165, 1.54) is 18.3 Å². The number of thiophene rings is 1. The Morgan fingerprint density at radius 1 is 1.15 bits per heavy atom. The van der Waals surface area contributed by atoms with Gasteiger partial charge >= 0.3 is 12.0 Å². The second kappa shape index (κ2) is 9.87. The normalized spacial score (nSPS) is 15.1. The van der Waals surface area contributed by atoms with Crippen molar-refractivity contribution >= 4 is 39.9 Å². The Labute approximate surface area is 196 Å². The number of fused-ring (bicyclic) bond motifs is 1. The molecule has 0 fully saturated rings. The van der Waals surface area contributed by atoms with Crippen molar-refractivity contribution < 1.29 is 19.1 Å². The molecule has 0 unspecified atom stereocenters. The van der Waals surface area contributed by atoms with Crippen molar-refractivity contribution in [1.29, 1.82) is 0 Å². The lowest BCUT2D eigenvalue weighted by Gasteiger charge is -2.33. The Hall–Kier alpha value is -3.65. The fourth-order valence-electron chi connectivity index (χ4n) is 3.69. The van der Waals surface area contributed by atoms with Crippen LogP contribution in [0.2, 0.25) is 0 Å². The quantitative estimate of drug-likeness (QED) is 0.620. The molecule has 0 bridgehead atoms. The van der Waals surface area contributed by atoms with Gasteiger partial charge in [-0.25, -0.2) is 9.59 Å². The molecule has 0 radical (unpaired) electrons. The molecule has 8 heteroatoms. The average Bonchev–Trinajstić information content (AvgIpc) is 3.04. The molecule has 0 atom stereocenters. The van der Waals surface area contributed by atoms with Gasteiger partial charge in [0.2, 0.25) is 5.91 Å². The highest BCUT2D eigenvalue weighted by Gasteiger charge is 2.31. The number of carbonyl (C=O) groups excluding carboxylic acids is 3. The molecule has 2 aliphatic rings. The topological polar surface area (TPSA) is 79.0 Å². The zero-order valence-electron chi connectivity index (χ0n) is 18.5. The van der Waals surface area contributed by atoms with Crippen LogP contribution in [0.3, 0.4) is 0 Å². The van der Waals surface area contributed by atoms with Gasteiger partial charge in [-0.1, -0.05) is 42.5 Å².